The van der Waals surface area contributed by atoms with Gasteiger partial charge in [-0.1, -0.05) is 15.9 Å². The number of rotatable bonds is 5. The molecule has 0 fully saturated rings. The number of nitrogens with two attached hydrogens (primary N) is 1. The summed E-state index contributed by atoms with van der Waals surface area (Å²) in [5, 5.41) is 3.92. The second-order valence-electron chi connectivity index (χ2n) is 4.69. The Morgan fingerprint density at radius 2 is 2.14 bits per heavy atom. The molecular formula is C15H15BrN2O3S. The van der Waals surface area contributed by atoms with Crippen LogP contribution in [0.2, 0.25) is 0 Å². The van der Waals surface area contributed by atoms with E-state index in [1.165, 1.54) is 4.90 Å². The quantitative estimate of drug-likeness (QED) is 0.637. The highest BCUT2D eigenvalue weighted by Crippen LogP contribution is 2.19. The molecule has 0 saturated heterocycles. The Bertz CT molecular complexity index is 673. The summed E-state index contributed by atoms with van der Waals surface area (Å²) >= 11 is 4.83. The van der Waals surface area contributed by atoms with E-state index >= 15 is 0 Å². The lowest BCUT2D eigenvalue weighted by Gasteiger charge is -2.16. The SMILES string of the molecule is CN(Cc1ccsc1)C(=O)COC(=O)c1cc(Br)ccc1N. The van der Waals surface area contributed by atoms with Crippen LogP contribution in [0, 0.1) is 0 Å². The average Bonchev–Trinajstić information content (AvgIpc) is 2.99. The van der Waals surface area contributed by atoms with Crippen LogP contribution in [-0.4, -0.2) is 30.4 Å². The number of amides is 1. The molecule has 2 N–H and O–H groups in total. The van der Waals surface area contributed by atoms with Gasteiger partial charge in [0, 0.05) is 23.8 Å². The van der Waals surface area contributed by atoms with Gasteiger partial charge in [0.05, 0.1) is 5.56 Å². The van der Waals surface area contributed by atoms with Crippen LogP contribution in [0.15, 0.2) is 39.5 Å². The molecule has 0 saturated carbocycles. The monoisotopic (exact) mass is 382 g/mol. The number of nitrogen functional groups attached to an aromatic ring is 1. The van der Waals surface area contributed by atoms with Gasteiger partial charge in [0.25, 0.3) is 5.91 Å². The number of carbonyl (C=O) groups is 2. The standard InChI is InChI=1S/C15H15BrN2O3S/c1-18(7-10-4-5-22-9-10)14(19)8-21-15(20)12-6-11(16)2-3-13(12)17/h2-6,9H,7-8,17H2,1H3. The van der Waals surface area contributed by atoms with Crippen molar-refractivity contribution in [3.8, 4) is 0 Å². The Morgan fingerprint density at radius 3 is 2.82 bits per heavy atom. The normalized spacial score (nSPS) is 10.3. The predicted octanol–water partition coefficient (Wildman–Crippen LogP) is 2.91. The van der Waals surface area contributed by atoms with Gasteiger partial charge in [0.1, 0.15) is 0 Å². The number of nitrogens with zero attached hydrogens (tertiary/aromatic N) is 1. The fourth-order valence-electron chi connectivity index (χ4n) is 1.77. The van der Waals surface area contributed by atoms with Gasteiger partial charge in [0.2, 0.25) is 0 Å². The minimum Gasteiger partial charge on any atom is -0.452 e. The molecule has 116 valence electrons. The number of esters is 1. The molecule has 0 radical (unpaired) electrons. The van der Waals surface area contributed by atoms with Crippen LogP contribution in [0.25, 0.3) is 0 Å². The summed E-state index contributed by atoms with van der Waals surface area (Å²) in [4.78, 5) is 25.5. The van der Waals surface area contributed by atoms with E-state index in [1.807, 2.05) is 16.8 Å². The van der Waals surface area contributed by atoms with Crippen molar-refractivity contribution in [1.82, 2.24) is 4.90 Å². The van der Waals surface area contributed by atoms with Crippen molar-refractivity contribution in [2.75, 3.05) is 19.4 Å². The molecule has 0 aliphatic carbocycles. The molecule has 0 aliphatic heterocycles. The molecule has 7 heteroatoms. The highest BCUT2D eigenvalue weighted by molar-refractivity contribution is 9.10. The van der Waals surface area contributed by atoms with E-state index in [1.54, 1.807) is 36.6 Å². The number of ether oxygens (including phenoxy) is 1. The zero-order valence-corrected chi connectivity index (χ0v) is 14.3. The van der Waals surface area contributed by atoms with Gasteiger partial charge in [-0.3, -0.25) is 4.79 Å². The maximum atomic E-state index is 12.0. The first-order valence-electron chi connectivity index (χ1n) is 6.44. The molecule has 0 bridgehead atoms. The zero-order valence-electron chi connectivity index (χ0n) is 11.9. The number of hydrogen-bond donors (Lipinski definition) is 1. The lowest BCUT2D eigenvalue weighted by molar-refractivity contribution is -0.133. The molecule has 2 aromatic rings. The highest BCUT2D eigenvalue weighted by atomic mass is 79.9. The van der Waals surface area contributed by atoms with Crippen molar-refractivity contribution >= 4 is 44.8 Å². The van der Waals surface area contributed by atoms with E-state index in [-0.39, 0.29) is 18.1 Å². The van der Waals surface area contributed by atoms with Gasteiger partial charge in [-0.2, -0.15) is 11.3 Å². The van der Waals surface area contributed by atoms with Gasteiger partial charge < -0.3 is 15.4 Å². The Kier molecular flexibility index (Phi) is 5.57. The van der Waals surface area contributed by atoms with E-state index in [2.05, 4.69) is 15.9 Å². The Hall–Kier alpha value is -1.86. The van der Waals surface area contributed by atoms with Gasteiger partial charge in [-0.15, -0.1) is 0 Å². The fourth-order valence-corrected chi connectivity index (χ4v) is 2.79. The average molecular weight is 383 g/mol. The third-order valence-corrected chi connectivity index (χ3v) is 4.21. The van der Waals surface area contributed by atoms with E-state index < -0.39 is 5.97 Å². The van der Waals surface area contributed by atoms with E-state index in [4.69, 9.17) is 10.5 Å². The lowest BCUT2D eigenvalue weighted by Crippen LogP contribution is -2.30. The molecule has 2 rings (SSSR count). The van der Waals surface area contributed by atoms with Gasteiger partial charge in [0.15, 0.2) is 6.61 Å². The Balaban J connectivity index is 1.90. The highest BCUT2D eigenvalue weighted by Gasteiger charge is 2.16. The summed E-state index contributed by atoms with van der Waals surface area (Å²) in [5.41, 5.74) is 7.33. The fraction of sp³-hybridized carbons (Fsp3) is 0.200. The number of anilines is 1. The second kappa shape index (κ2) is 7.42. The molecule has 0 aliphatic rings. The molecular weight excluding hydrogens is 368 g/mol. The third kappa shape index (κ3) is 4.32. The molecule has 0 unspecified atom stereocenters. The van der Waals surface area contributed by atoms with Crippen LogP contribution in [0.1, 0.15) is 15.9 Å². The van der Waals surface area contributed by atoms with Crippen molar-refractivity contribution in [2.45, 2.75) is 6.54 Å². The van der Waals surface area contributed by atoms with Crippen molar-refractivity contribution < 1.29 is 14.3 Å². The topological polar surface area (TPSA) is 72.6 Å². The summed E-state index contributed by atoms with van der Waals surface area (Å²) in [6, 6.07) is 6.84. The molecule has 1 aromatic heterocycles. The third-order valence-electron chi connectivity index (χ3n) is 2.99. The molecule has 1 aromatic carbocycles. The van der Waals surface area contributed by atoms with Crippen molar-refractivity contribution in [3.63, 3.8) is 0 Å². The van der Waals surface area contributed by atoms with E-state index in [0.29, 0.717) is 12.2 Å². The smallest absolute Gasteiger partial charge is 0.340 e. The molecule has 1 heterocycles. The summed E-state index contributed by atoms with van der Waals surface area (Å²) in [6.45, 7) is 0.171. The number of thiophene rings is 1. The van der Waals surface area contributed by atoms with Crippen LogP contribution >= 0.6 is 27.3 Å². The maximum absolute atomic E-state index is 12.0. The van der Waals surface area contributed by atoms with Crippen LogP contribution < -0.4 is 5.73 Å². The van der Waals surface area contributed by atoms with Gasteiger partial charge in [-0.05, 0) is 40.6 Å². The number of likely N-dealkylation sites (N-methyl/N-ethyl adjacent to an activating group) is 1. The van der Waals surface area contributed by atoms with Crippen LogP contribution in [0.3, 0.4) is 0 Å². The molecule has 1 amide bonds. The largest absolute Gasteiger partial charge is 0.452 e. The van der Waals surface area contributed by atoms with Crippen LogP contribution in [0.5, 0.6) is 0 Å². The minimum absolute atomic E-state index is 0.239. The zero-order chi connectivity index (χ0) is 16.1. The van der Waals surface area contributed by atoms with Crippen molar-refractivity contribution in [2.24, 2.45) is 0 Å². The molecule has 0 spiro atoms. The Morgan fingerprint density at radius 1 is 1.36 bits per heavy atom. The van der Waals surface area contributed by atoms with Gasteiger partial charge in [-0.25, -0.2) is 4.79 Å². The number of halogens is 1. The summed E-state index contributed by atoms with van der Waals surface area (Å²) in [7, 11) is 1.67. The molecule has 22 heavy (non-hydrogen) atoms. The lowest BCUT2D eigenvalue weighted by atomic mass is 10.2. The maximum Gasteiger partial charge on any atom is 0.340 e. The summed E-state index contributed by atoms with van der Waals surface area (Å²) < 4.78 is 5.75. The molecule has 5 nitrogen and oxygen atoms in total. The number of carbonyl (C=O) groups excluding carboxylic acids is 2. The summed E-state index contributed by atoms with van der Waals surface area (Å²) in [6.07, 6.45) is 0. The predicted molar refractivity (Wildman–Crippen MR) is 89.6 cm³/mol. The van der Waals surface area contributed by atoms with Gasteiger partial charge >= 0.3 is 5.97 Å². The second-order valence-corrected chi connectivity index (χ2v) is 6.38. The van der Waals surface area contributed by atoms with Crippen molar-refractivity contribution in [1.29, 1.82) is 0 Å². The Labute approximate surface area is 140 Å². The van der Waals surface area contributed by atoms with E-state index in [0.717, 1.165) is 10.0 Å². The first-order chi connectivity index (χ1) is 10.5. The number of benzene rings is 1. The molecule has 0 atom stereocenters. The summed E-state index contributed by atoms with van der Waals surface area (Å²) in [5.74, 6) is -0.885. The minimum atomic E-state index is -0.615. The first kappa shape index (κ1) is 16.5. The van der Waals surface area contributed by atoms with E-state index in [9.17, 15) is 9.59 Å². The van der Waals surface area contributed by atoms with Crippen molar-refractivity contribution in [3.05, 3.63) is 50.6 Å². The number of hydrogen-bond acceptors (Lipinski definition) is 5. The first-order valence-corrected chi connectivity index (χ1v) is 8.18. The van der Waals surface area contributed by atoms with Crippen LogP contribution in [0.4, 0.5) is 5.69 Å². The van der Waals surface area contributed by atoms with Crippen LogP contribution in [-0.2, 0) is 16.1 Å².